The molecule has 0 radical (unpaired) electrons. The monoisotopic (exact) mass is 430 g/mol. The van der Waals surface area contributed by atoms with Crippen molar-refractivity contribution in [3.05, 3.63) is 69.8 Å². The fraction of sp³-hybridized carbons (Fsp3) is 0.333. The van der Waals surface area contributed by atoms with Crippen LogP contribution in [0, 0.1) is 20.8 Å². The largest absolute Gasteiger partial charge is 0.492 e. The number of fused-ring (bicyclic) bond motifs is 3. The normalized spacial score (nSPS) is 15.9. The van der Waals surface area contributed by atoms with E-state index in [1.54, 1.807) is 0 Å². The molecule has 0 bridgehead atoms. The number of benzene rings is 3. The summed E-state index contributed by atoms with van der Waals surface area (Å²) in [6.45, 7) is 8.88. The van der Waals surface area contributed by atoms with Crippen molar-refractivity contribution >= 4 is 23.8 Å². The lowest BCUT2D eigenvalue weighted by Gasteiger charge is -2.26. The molecule has 3 heterocycles. The molecule has 6 rings (SSSR count). The Bertz CT molecular complexity index is 1060. The highest BCUT2D eigenvalue weighted by molar-refractivity contribution is 7.80. The molecule has 3 aromatic carbocycles. The van der Waals surface area contributed by atoms with Gasteiger partial charge in [-0.15, -0.1) is 0 Å². The Morgan fingerprint density at radius 2 is 0.839 bits per heavy atom. The minimum absolute atomic E-state index is 0.765. The Kier molecular flexibility index (Phi) is 4.51. The molecule has 0 unspecified atom stereocenters. The van der Waals surface area contributed by atoms with Crippen molar-refractivity contribution in [2.24, 2.45) is 0 Å². The van der Waals surface area contributed by atoms with Gasteiger partial charge in [-0.1, -0.05) is 18.2 Å². The molecule has 0 fully saturated rings. The smallest absolute Gasteiger partial charge is 0.131 e. The lowest BCUT2D eigenvalue weighted by molar-refractivity contribution is 0.358. The van der Waals surface area contributed by atoms with E-state index in [2.05, 4.69) is 57.2 Å². The number of hydrogen-bond acceptors (Lipinski definition) is 3. The molecule has 31 heavy (non-hydrogen) atoms. The van der Waals surface area contributed by atoms with Gasteiger partial charge in [0.05, 0.1) is 19.8 Å². The Labute approximate surface area is 185 Å². The Balaban J connectivity index is 1.64. The van der Waals surface area contributed by atoms with Gasteiger partial charge < -0.3 is 14.2 Å². The van der Waals surface area contributed by atoms with Crippen LogP contribution in [0.3, 0.4) is 0 Å². The molecule has 0 spiro atoms. The van der Waals surface area contributed by atoms with Gasteiger partial charge in [-0.2, -0.15) is 0 Å². The summed E-state index contributed by atoms with van der Waals surface area (Å²) in [6.07, 6.45) is 2.97. The van der Waals surface area contributed by atoms with Crippen molar-refractivity contribution in [3.8, 4) is 17.2 Å². The van der Waals surface area contributed by atoms with E-state index in [4.69, 9.17) is 14.2 Å². The zero-order chi connectivity index (χ0) is 21.1. The number of aryl methyl sites for hydroxylation is 3. The van der Waals surface area contributed by atoms with E-state index in [0.717, 1.165) is 56.3 Å². The van der Waals surface area contributed by atoms with Gasteiger partial charge in [0, 0.05) is 51.9 Å². The molecule has 3 nitrogen and oxygen atoms in total. The van der Waals surface area contributed by atoms with Gasteiger partial charge in [-0.25, -0.2) is 0 Å². The molecule has 0 aliphatic carbocycles. The first-order valence-electron chi connectivity index (χ1n) is 11.2. The highest BCUT2D eigenvalue weighted by atomic mass is 31.1. The Morgan fingerprint density at radius 3 is 1.16 bits per heavy atom. The minimum Gasteiger partial charge on any atom is -0.492 e. The summed E-state index contributed by atoms with van der Waals surface area (Å²) in [7, 11) is -0.867. The van der Waals surface area contributed by atoms with E-state index in [-0.39, 0.29) is 0 Å². The van der Waals surface area contributed by atoms with Crippen LogP contribution in [0.2, 0.25) is 0 Å². The van der Waals surface area contributed by atoms with Gasteiger partial charge in [0.1, 0.15) is 17.2 Å². The minimum atomic E-state index is -0.867. The summed E-state index contributed by atoms with van der Waals surface area (Å²) in [6, 6.07) is 13.7. The molecule has 3 aliphatic rings. The van der Waals surface area contributed by atoms with Crippen molar-refractivity contribution in [2.75, 3.05) is 19.8 Å². The molecular formula is C27H27O3P. The van der Waals surface area contributed by atoms with Gasteiger partial charge in [0.15, 0.2) is 0 Å². The van der Waals surface area contributed by atoms with Gasteiger partial charge >= 0.3 is 0 Å². The highest BCUT2D eigenvalue weighted by Gasteiger charge is 2.34. The van der Waals surface area contributed by atoms with Crippen molar-refractivity contribution < 1.29 is 14.2 Å². The average molecular weight is 430 g/mol. The average Bonchev–Trinajstić information content (AvgIpc) is 3.53. The number of hydrogen-bond donors (Lipinski definition) is 0. The first kappa shape index (κ1) is 19.2. The topological polar surface area (TPSA) is 27.7 Å². The molecule has 158 valence electrons. The van der Waals surface area contributed by atoms with E-state index in [9.17, 15) is 0 Å². The van der Waals surface area contributed by atoms with Crippen LogP contribution in [-0.2, 0) is 19.3 Å². The van der Waals surface area contributed by atoms with Gasteiger partial charge in [-0.3, -0.25) is 0 Å². The lowest BCUT2D eigenvalue weighted by Crippen LogP contribution is -2.24. The fourth-order valence-corrected chi connectivity index (χ4v) is 7.90. The fourth-order valence-electron chi connectivity index (χ4n) is 5.24. The van der Waals surface area contributed by atoms with Crippen molar-refractivity contribution in [3.63, 3.8) is 0 Å². The van der Waals surface area contributed by atoms with Crippen LogP contribution in [-0.4, -0.2) is 19.8 Å². The summed E-state index contributed by atoms with van der Waals surface area (Å²) in [5.74, 6) is 3.27. The molecule has 3 aliphatic heterocycles. The molecule has 0 aromatic heterocycles. The van der Waals surface area contributed by atoms with E-state index < -0.39 is 7.92 Å². The van der Waals surface area contributed by atoms with E-state index >= 15 is 0 Å². The molecule has 4 heteroatoms. The zero-order valence-electron chi connectivity index (χ0n) is 18.4. The Hall–Kier alpha value is -2.51. The molecule has 0 saturated heterocycles. The maximum absolute atomic E-state index is 6.26. The molecule has 0 amide bonds. The van der Waals surface area contributed by atoms with Crippen molar-refractivity contribution in [1.82, 2.24) is 0 Å². The second-order valence-corrected chi connectivity index (χ2v) is 10.9. The highest BCUT2D eigenvalue weighted by Crippen LogP contribution is 2.47. The second kappa shape index (κ2) is 7.28. The maximum Gasteiger partial charge on any atom is 0.131 e. The van der Waals surface area contributed by atoms with E-state index in [0.29, 0.717) is 0 Å². The van der Waals surface area contributed by atoms with Gasteiger partial charge in [-0.05, 0) is 63.6 Å². The summed E-state index contributed by atoms with van der Waals surface area (Å²) in [5, 5.41) is 3.86. The third-order valence-corrected chi connectivity index (χ3v) is 9.44. The lowest BCUT2D eigenvalue weighted by atomic mass is 10.1. The van der Waals surface area contributed by atoms with Gasteiger partial charge in [0.2, 0.25) is 0 Å². The van der Waals surface area contributed by atoms with Crippen molar-refractivity contribution in [2.45, 2.75) is 40.0 Å². The van der Waals surface area contributed by atoms with Crippen LogP contribution in [0.5, 0.6) is 17.2 Å². The van der Waals surface area contributed by atoms with Crippen LogP contribution in [0.25, 0.3) is 0 Å². The van der Waals surface area contributed by atoms with Crippen molar-refractivity contribution in [1.29, 1.82) is 0 Å². The zero-order valence-corrected chi connectivity index (χ0v) is 19.3. The predicted octanol–water partition coefficient (Wildman–Crippen LogP) is 4.17. The summed E-state index contributed by atoms with van der Waals surface area (Å²) >= 11 is 0. The van der Waals surface area contributed by atoms with Gasteiger partial charge in [0.25, 0.3) is 0 Å². The predicted molar refractivity (Wildman–Crippen MR) is 127 cm³/mol. The number of rotatable bonds is 3. The molecule has 0 saturated carbocycles. The number of ether oxygens (including phenoxy) is 3. The van der Waals surface area contributed by atoms with Crippen LogP contribution < -0.4 is 30.1 Å². The SMILES string of the molecule is Cc1ccc(P(c2ccc(C)c3c2OCC3)c2ccc(C)c3c2OCC3)c2c1CCO2. The summed E-state index contributed by atoms with van der Waals surface area (Å²) < 4.78 is 18.8. The van der Waals surface area contributed by atoms with E-state index in [1.165, 1.54) is 49.3 Å². The molecule has 0 N–H and O–H groups in total. The van der Waals surface area contributed by atoms with E-state index in [1.807, 2.05) is 0 Å². The van der Waals surface area contributed by atoms with Crippen LogP contribution >= 0.6 is 7.92 Å². The quantitative estimate of drug-likeness (QED) is 0.584. The molecule has 0 atom stereocenters. The molecular weight excluding hydrogens is 403 g/mol. The summed E-state index contributed by atoms with van der Waals surface area (Å²) in [4.78, 5) is 0. The second-order valence-electron chi connectivity index (χ2n) is 8.76. The standard InChI is InChI=1S/C27H27O3P/c1-16-4-7-22(25-19(16)10-13-28-25)31(23-8-5-17(2)20-11-14-29-26(20)23)24-9-6-18(3)21-12-15-30-27(21)24/h4-9H,10-15H2,1-3H3. The first-order chi connectivity index (χ1) is 15.1. The third kappa shape index (κ3) is 2.90. The van der Waals surface area contributed by atoms with Crippen LogP contribution in [0.1, 0.15) is 33.4 Å². The van der Waals surface area contributed by atoms with Crippen LogP contribution in [0.4, 0.5) is 0 Å². The summed E-state index contributed by atoms with van der Waals surface area (Å²) in [5.41, 5.74) is 8.05. The van der Waals surface area contributed by atoms with Crippen LogP contribution in [0.15, 0.2) is 36.4 Å². The Morgan fingerprint density at radius 1 is 0.516 bits per heavy atom. The maximum atomic E-state index is 6.26. The third-order valence-electron chi connectivity index (χ3n) is 6.94. The first-order valence-corrected chi connectivity index (χ1v) is 12.5. The molecule has 3 aromatic rings.